The number of hydrogen-bond acceptors (Lipinski definition) is 2. The summed E-state index contributed by atoms with van der Waals surface area (Å²) in [5.41, 5.74) is -0.637. The minimum absolute atomic E-state index is 0.637. The number of rotatable bonds is 2. The molecule has 0 spiro atoms. The van der Waals surface area contributed by atoms with Crippen LogP contribution in [0.2, 0.25) is 0 Å². The van der Waals surface area contributed by atoms with Crippen LogP contribution >= 0.6 is 11.9 Å². The van der Waals surface area contributed by atoms with Gasteiger partial charge in [0.2, 0.25) is 0 Å². The predicted octanol–water partition coefficient (Wildman–Crippen LogP) is 3.46. The second-order valence-electron chi connectivity index (χ2n) is 3.04. The molecule has 1 aromatic carbocycles. The topological polar surface area (TPSA) is 17.8 Å². The van der Waals surface area contributed by atoms with Crippen LogP contribution in [0.1, 0.15) is 5.56 Å². The molecule has 0 N–H and O–H groups in total. The van der Waals surface area contributed by atoms with Crippen molar-refractivity contribution in [2.45, 2.75) is 11.1 Å². The summed E-state index contributed by atoms with van der Waals surface area (Å²) in [5, 5.41) is 0. The van der Waals surface area contributed by atoms with Gasteiger partial charge in [0.15, 0.2) is 0 Å². The second kappa shape index (κ2) is 4.21. The van der Waals surface area contributed by atoms with Gasteiger partial charge in [0.05, 0.1) is 5.56 Å². The summed E-state index contributed by atoms with van der Waals surface area (Å²) in [7, 11) is 0. The van der Waals surface area contributed by atoms with E-state index in [9.17, 15) is 13.2 Å². The molecule has 0 saturated heterocycles. The molecule has 0 radical (unpaired) electrons. The first-order valence-electron chi connectivity index (χ1n) is 4.39. The molecule has 1 heterocycles. The smallest absolute Gasteiger partial charge is 0.276 e. The monoisotopic (exact) mass is 244 g/mol. The zero-order chi connectivity index (χ0) is 11.6. The minimum atomic E-state index is -4.28. The lowest BCUT2D eigenvalue weighted by Crippen LogP contribution is -2.03. The van der Waals surface area contributed by atoms with E-state index in [2.05, 4.69) is 4.98 Å². The molecule has 2 rings (SSSR count). The third-order valence-corrected chi connectivity index (χ3v) is 2.78. The Labute approximate surface area is 94.2 Å². The van der Waals surface area contributed by atoms with Gasteiger partial charge >= 0.3 is 6.18 Å². The van der Waals surface area contributed by atoms with E-state index in [0.29, 0.717) is 0 Å². The van der Waals surface area contributed by atoms with Gasteiger partial charge in [-0.05, 0) is 36.2 Å². The van der Waals surface area contributed by atoms with Crippen LogP contribution in [-0.4, -0.2) is 8.96 Å². The second-order valence-corrected chi connectivity index (χ2v) is 4.11. The summed E-state index contributed by atoms with van der Waals surface area (Å²) >= 11 is 1.30. The lowest BCUT2D eigenvalue weighted by molar-refractivity contribution is -0.137. The summed E-state index contributed by atoms with van der Waals surface area (Å²) in [4.78, 5) is 4.57. The standard InChI is InChI=1S/C10H7F3N2S/c11-10(12,13)8-1-3-9(4-2-8)16-15-6-5-14-7-15/h1-7H. The van der Waals surface area contributed by atoms with Crippen LogP contribution < -0.4 is 0 Å². The quantitative estimate of drug-likeness (QED) is 0.805. The van der Waals surface area contributed by atoms with Crippen LogP contribution in [0, 0.1) is 0 Å². The van der Waals surface area contributed by atoms with Gasteiger partial charge < -0.3 is 0 Å². The zero-order valence-electron chi connectivity index (χ0n) is 7.98. The highest BCUT2D eigenvalue weighted by atomic mass is 32.2. The third kappa shape index (κ3) is 2.57. The number of hydrogen-bond donors (Lipinski definition) is 0. The average Bonchev–Trinajstić information content (AvgIpc) is 2.70. The summed E-state index contributed by atoms with van der Waals surface area (Å²) in [6.07, 6.45) is 0.639. The van der Waals surface area contributed by atoms with Gasteiger partial charge in [0.25, 0.3) is 0 Å². The molecule has 0 aliphatic carbocycles. The van der Waals surface area contributed by atoms with Crippen molar-refractivity contribution in [3.8, 4) is 0 Å². The first-order chi connectivity index (χ1) is 7.55. The first-order valence-corrected chi connectivity index (χ1v) is 5.16. The molecule has 1 aromatic heterocycles. The molecule has 2 aromatic rings. The van der Waals surface area contributed by atoms with Crippen molar-refractivity contribution in [1.82, 2.24) is 8.96 Å². The Kier molecular flexibility index (Phi) is 2.91. The molecule has 0 unspecified atom stereocenters. The van der Waals surface area contributed by atoms with Gasteiger partial charge in [-0.2, -0.15) is 13.2 Å². The largest absolute Gasteiger partial charge is 0.416 e. The van der Waals surface area contributed by atoms with Crippen molar-refractivity contribution >= 4 is 11.9 Å². The maximum Gasteiger partial charge on any atom is 0.416 e. The van der Waals surface area contributed by atoms with Gasteiger partial charge in [0, 0.05) is 17.3 Å². The Morgan fingerprint density at radius 3 is 2.31 bits per heavy atom. The average molecular weight is 244 g/mol. The molecule has 0 amide bonds. The predicted molar refractivity (Wildman–Crippen MR) is 54.9 cm³/mol. The van der Waals surface area contributed by atoms with Crippen LogP contribution in [-0.2, 0) is 6.18 Å². The SMILES string of the molecule is FC(F)(F)c1ccc(Sn2ccnc2)cc1. The Balaban J connectivity index is 2.14. The van der Waals surface area contributed by atoms with E-state index >= 15 is 0 Å². The molecule has 0 atom stereocenters. The van der Waals surface area contributed by atoms with E-state index < -0.39 is 11.7 Å². The number of alkyl halides is 3. The van der Waals surface area contributed by atoms with E-state index in [-0.39, 0.29) is 0 Å². The Hall–Kier alpha value is -1.43. The molecule has 0 bridgehead atoms. The number of nitrogens with zero attached hydrogens (tertiary/aromatic N) is 2. The lowest BCUT2D eigenvalue weighted by Gasteiger charge is -2.07. The molecule has 6 heteroatoms. The molecule has 84 valence electrons. The molecule has 0 saturated carbocycles. The molecule has 0 aliphatic heterocycles. The fraction of sp³-hybridized carbons (Fsp3) is 0.100. The van der Waals surface area contributed by atoms with E-state index in [1.54, 1.807) is 22.7 Å². The van der Waals surface area contributed by atoms with Crippen molar-refractivity contribution in [3.63, 3.8) is 0 Å². The maximum atomic E-state index is 12.3. The van der Waals surface area contributed by atoms with Gasteiger partial charge in [-0.1, -0.05) is 0 Å². The van der Waals surface area contributed by atoms with Gasteiger partial charge in [-0.15, -0.1) is 0 Å². The van der Waals surface area contributed by atoms with Crippen LogP contribution in [0.5, 0.6) is 0 Å². The zero-order valence-corrected chi connectivity index (χ0v) is 8.79. The van der Waals surface area contributed by atoms with Crippen molar-refractivity contribution in [1.29, 1.82) is 0 Å². The minimum Gasteiger partial charge on any atom is -0.276 e. The van der Waals surface area contributed by atoms with Crippen LogP contribution in [0.3, 0.4) is 0 Å². The highest BCUT2D eigenvalue weighted by molar-refractivity contribution is 7.97. The van der Waals surface area contributed by atoms with E-state index in [4.69, 9.17) is 0 Å². The summed E-state index contributed by atoms with van der Waals surface area (Å²) in [6.45, 7) is 0. The maximum absolute atomic E-state index is 12.3. The van der Waals surface area contributed by atoms with Gasteiger partial charge in [-0.25, -0.2) is 4.98 Å². The summed E-state index contributed by atoms with van der Waals surface area (Å²) < 4.78 is 38.5. The molecule has 0 aliphatic rings. The summed E-state index contributed by atoms with van der Waals surface area (Å²) in [6, 6.07) is 5.01. The lowest BCUT2D eigenvalue weighted by atomic mass is 10.2. The normalized spacial score (nSPS) is 11.7. The number of imidazole rings is 1. The van der Waals surface area contributed by atoms with Crippen LogP contribution in [0.4, 0.5) is 13.2 Å². The number of aromatic nitrogens is 2. The van der Waals surface area contributed by atoms with Crippen molar-refractivity contribution in [2.24, 2.45) is 0 Å². The van der Waals surface area contributed by atoms with Crippen molar-refractivity contribution in [3.05, 3.63) is 48.5 Å². The fourth-order valence-electron chi connectivity index (χ4n) is 1.13. The number of benzene rings is 1. The number of halogens is 3. The van der Waals surface area contributed by atoms with Crippen molar-refractivity contribution < 1.29 is 13.2 Å². The highest BCUT2D eigenvalue weighted by Gasteiger charge is 2.29. The Bertz CT molecular complexity index is 448. The molecular weight excluding hydrogens is 237 g/mol. The Morgan fingerprint density at radius 2 is 1.81 bits per heavy atom. The Morgan fingerprint density at radius 1 is 1.12 bits per heavy atom. The molecule has 0 fully saturated rings. The van der Waals surface area contributed by atoms with Crippen molar-refractivity contribution in [2.75, 3.05) is 0 Å². The third-order valence-electron chi connectivity index (χ3n) is 1.87. The molecular formula is C10H7F3N2S. The highest BCUT2D eigenvalue weighted by Crippen LogP contribution is 2.30. The van der Waals surface area contributed by atoms with Gasteiger partial charge in [0.1, 0.15) is 6.33 Å². The van der Waals surface area contributed by atoms with Crippen LogP contribution in [0.15, 0.2) is 47.9 Å². The first kappa shape index (κ1) is 11.1. The fourth-order valence-corrected chi connectivity index (χ4v) is 1.85. The van der Waals surface area contributed by atoms with E-state index in [1.165, 1.54) is 24.1 Å². The van der Waals surface area contributed by atoms with Crippen LogP contribution in [0.25, 0.3) is 0 Å². The van der Waals surface area contributed by atoms with Gasteiger partial charge in [-0.3, -0.25) is 3.97 Å². The molecule has 2 nitrogen and oxygen atoms in total. The van der Waals surface area contributed by atoms with E-state index in [0.717, 1.165) is 17.0 Å². The van der Waals surface area contributed by atoms with E-state index in [1.807, 2.05) is 0 Å². The summed E-state index contributed by atoms with van der Waals surface area (Å²) in [5.74, 6) is 0. The molecule has 16 heavy (non-hydrogen) atoms.